The van der Waals surface area contributed by atoms with Crippen molar-refractivity contribution in [2.24, 2.45) is 0 Å². The van der Waals surface area contributed by atoms with Gasteiger partial charge in [0.15, 0.2) is 0 Å². The van der Waals surface area contributed by atoms with Crippen LogP contribution in [0.2, 0.25) is 0 Å². The summed E-state index contributed by atoms with van der Waals surface area (Å²) in [5.41, 5.74) is 0.895. The second kappa shape index (κ2) is 10.6. The lowest BCUT2D eigenvalue weighted by atomic mass is 10.0. The molecule has 7 heteroatoms. The Morgan fingerprint density at radius 1 is 0.806 bits per heavy atom. The number of Topliss-reactive ketones (excluding diaryl/α,β-unsaturated/α-hetero) is 2. The minimum atomic E-state index is -0.871. The van der Waals surface area contributed by atoms with E-state index in [9.17, 15) is 24.3 Å². The van der Waals surface area contributed by atoms with Crippen LogP contribution in [0.25, 0.3) is 0 Å². The first kappa shape index (κ1) is 24.0. The molecular formula is C24H28N2O5. The molecule has 0 bridgehead atoms. The second-order valence-corrected chi connectivity index (χ2v) is 7.75. The lowest BCUT2D eigenvalue weighted by molar-refractivity contribution is -0.129. The fraction of sp³-hybridized carbons (Fsp3) is 0.333. The van der Waals surface area contributed by atoms with Crippen LogP contribution in [0.15, 0.2) is 54.6 Å². The maximum atomic E-state index is 12.6. The minimum absolute atomic E-state index is 0.0795. The topological polar surface area (TPSA) is 104 Å². The average Bonchev–Trinajstić information content (AvgIpc) is 2.76. The van der Waals surface area contributed by atoms with E-state index < -0.39 is 29.4 Å². The number of amides is 2. The molecule has 0 unspecified atom stereocenters. The summed E-state index contributed by atoms with van der Waals surface area (Å²) in [6, 6.07) is 13.2. The Bertz CT molecular complexity index is 928. The third-order valence-corrected chi connectivity index (χ3v) is 4.85. The molecule has 0 fully saturated rings. The van der Waals surface area contributed by atoms with E-state index in [1.165, 1.54) is 29.2 Å². The predicted molar refractivity (Wildman–Crippen MR) is 117 cm³/mol. The lowest BCUT2D eigenvalue weighted by Gasteiger charge is -2.30. The predicted octanol–water partition coefficient (Wildman–Crippen LogP) is 2.55. The molecular weight excluding hydrogens is 396 g/mol. The van der Waals surface area contributed by atoms with Crippen LogP contribution in [0.4, 0.5) is 0 Å². The van der Waals surface area contributed by atoms with Crippen molar-refractivity contribution < 1.29 is 24.3 Å². The van der Waals surface area contributed by atoms with E-state index in [-0.39, 0.29) is 29.8 Å². The van der Waals surface area contributed by atoms with E-state index in [2.05, 4.69) is 5.32 Å². The first-order valence-corrected chi connectivity index (χ1v) is 10.1. The van der Waals surface area contributed by atoms with Crippen molar-refractivity contribution in [2.45, 2.75) is 45.8 Å². The highest BCUT2D eigenvalue weighted by Crippen LogP contribution is 2.14. The van der Waals surface area contributed by atoms with Crippen molar-refractivity contribution in [3.05, 3.63) is 71.3 Å². The van der Waals surface area contributed by atoms with Crippen molar-refractivity contribution in [3.8, 4) is 0 Å². The van der Waals surface area contributed by atoms with Crippen molar-refractivity contribution in [3.63, 3.8) is 0 Å². The number of benzene rings is 2. The Balaban J connectivity index is 2.11. The van der Waals surface area contributed by atoms with Crippen LogP contribution in [-0.4, -0.2) is 52.1 Å². The molecule has 0 aliphatic rings. The standard InChI is InChI=1S/C24H28N2O5/c1-15(2)26(16(3)4)24(31)22(29)19-12-10-18(11-13-19)21(28)23(30)25-20(14-27)17-8-6-5-7-9-17/h5-13,15-16,20,27H,14H2,1-4H3,(H,25,30)/t20-/m0/s1. The molecule has 164 valence electrons. The van der Waals surface area contributed by atoms with E-state index in [1.54, 1.807) is 30.3 Å². The highest BCUT2D eigenvalue weighted by atomic mass is 16.3. The molecule has 1 atom stereocenters. The maximum absolute atomic E-state index is 12.6. The number of nitrogens with zero attached hydrogens (tertiary/aromatic N) is 1. The van der Waals surface area contributed by atoms with Gasteiger partial charge < -0.3 is 15.3 Å². The van der Waals surface area contributed by atoms with Crippen LogP contribution in [0, 0.1) is 0 Å². The summed E-state index contributed by atoms with van der Waals surface area (Å²) in [5, 5.41) is 12.1. The van der Waals surface area contributed by atoms with E-state index in [0.717, 1.165) is 0 Å². The average molecular weight is 424 g/mol. The van der Waals surface area contributed by atoms with Crippen molar-refractivity contribution in [1.82, 2.24) is 10.2 Å². The molecule has 0 aromatic heterocycles. The summed E-state index contributed by atoms with van der Waals surface area (Å²) in [6.45, 7) is 6.98. The van der Waals surface area contributed by atoms with E-state index in [4.69, 9.17) is 0 Å². The SMILES string of the molecule is CC(C)N(C(=O)C(=O)c1ccc(C(=O)C(=O)N[C@@H](CO)c2ccccc2)cc1)C(C)C. The fourth-order valence-corrected chi connectivity index (χ4v) is 3.35. The number of aliphatic hydroxyl groups is 1. The van der Waals surface area contributed by atoms with Gasteiger partial charge in [0.1, 0.15) is 0 Å². The van der Waals surface area contributed by atoms with Crippen LogP contribution in [0.1, 0.15) is 60.0 Å². The number of hydrogen-bond acceptors (Lipinski definition) is 5. The van der Waals surface area contributed by atoms with Crippen LogP contribution in [0.3, 0.4) is 0 Å². The van der Waals surface area contributed by atoms with Crippen LogP contribution < -0.4 is 5.32 Å². The van der Waals surface area contributed by atoms with Gasteiger partial charge in [-0.15, -0.1) is 0 Å². The highest BCUT2D eigenvalue weighted by Gasteiger charge is 2.28. The van der Waals surface area contributed by atoms with Gasteiger partial charge >= 0.3 is 0 Å². The molecule has 0 spiro atoms. The number of carbonyl (C=O) groups excluding carboxylic acids is 4. The maximum Gasteiger partial charge on any atom is 0.295 e. The summed E-state index contributed by atoms with van der Waals surface area (Å²) < 4.78 is 0. The molecule has 0 aliphatic carbocycles. The van der Waals surface area contributed by atoms with Crippen LogP contribution in [-0.2, 0) is 9.59 Å². The van der Waals surface area contributed by atoms with E-state index in [1.807, 2.05) is 27.7 Å². The van der Waals surface area contributed by atoms with Gasteiger partial charge in [-0.05, 0) is 33.3 Å². The lowest BCUT2D eigenvalue weighted by Crippen LogP contribution is -2.45. The largest absolute Gasteiger partial charge is 0.394 e. The molecule has 0 saturated carbocycles. The summed E-state index contributed by atoms with van der Waals surface area (Å²) in [4.78, 5) is 51.5. The Kier molecular flexibility index (Phi) is 8.22. The minimum Gasteiger partial charge on any atom is -0.394 e. The molecule has 7 nitrogen and oxygen atoms in total. The molecule has 2 amide bonds. The zero-order valence-electron chi connectivity index (χ0n) is 18.2. The van der Waals surface area contributed by atoms with Gasteiger partial charge in [-0.1, -0.05) is 54.6 Å². The molecule has 0 heterocycles. The van der Waals surface area contributed by atoms with Crippen LogP contribution in [0.5, 0.6) is 0 Å². The summed E-state index contributed by atoms with van der Waals surface area (Å²) >= 11 is 0. The number of carbonyl (C=O) groups is 4. The normalized spacial score (nSPS) is 11.8. The number of rotatable bonds is 9. The number of aliphatic hydroxyl groups excluding tert-OH is 1. The van der Waals surface area contributed by atoms with Gasteiger partial charge in [-0.3, -0.25) is 19.2 Å². The molecule has 0 aliphatic heterocycles. The van der Waals surface area contributed by atoms with E-state index in [0.29, 0.717) is 5.56 Å². The van der Waals surface area contributed by atoms with Gasteiger partial charge in [0.25, 0.3) is 11.8 Å². The molecule has 2 aromatic rings. The fourth-order valence-electron chi connectivity index (χ4n) is 3.35. The molecule has 0 saturated heterocycles. The smallest absolute Gasteiger partial charge is 0.295 e. The van der Waals surface area contributed by atoms with Gasteiger partial charge in [-0.25, -0.2) is 0 Å². The highest BCUT2D eigenvalue weighted by molar-refractivity contribution is 6.44. The molecule has 0 radical (unpaired) electrons. The molecule has 31 heavy (non-hydrogen) atoms. The van der Waals surface area contributed by atoms with Gasteiger partial charge in [0.2, 0.25) is 11.6 Å². The Morgan fingerprint density at radius 2 is 1.29 bits per heavy atom. The first-order chi connectivity index (χ1) is 14.7. The van der Waals surface area contributed by atoms with Crippen molar-refractivity contribution in [1.29, 1.82) is 0 Å². The van der Waals surface area contributed by atoms with Gasteiger partial charge in [0, 0.05) is 23.2 Å². The number of ketones is 2. The van der Waals surface area contributed by atoms with Crippen LogP contribution >= 0.6 is 0 Å². The van der Waals surface area contributed by atoms with Crippen molar-refractivity contribution >= 4 is 23.4 Å². The van der Waals surface area contributed by atoms with Crippen molar-refractivity contribution in [2.75, 3.05) is 6.61 Å². The Hall–Kier alpha value is -3.32. The zero-order valence-corrected chi connectivity index (χ0v) is 18.2. The second-order valence-electron chi connectivity index (χ2n) is 7.75. The van der Waals surface area contributed by atoms with Gasteiger partial charge in [-0.2, -0.15) is 0 Å². The monoisotopic (exact) mass is 424 g/mol. The summed E-state index contributed by atoms with van der Waals surface area (Å²) in [5.74, 6) is -2.96. The van der Waals surface area contributed by atoms with Gasteiger partial charge in [0.05, 0.1) is 12.6 Å². The summed E-state index contributed by atoms with van der Waals surface area (Å²) in [7, 11) is 0. The Morgan fingerprint density at radius 3 is 1.74 bits per heavy atom. The van der Waals surface area contributed by atoms with E-state index >= 15 is 0 Å². The third-order valence-electron chi connectivity index (χ3n) is 4.85. The number of nitrogens with one attached hydrogen (secondary N) is 1. The zero-order chi connectivity index (χ0) is 23.1. The first-order valence-electron chi connectivity index (χ1n) is 10.1. The number of hydrogen-bond donors (Lipinski definition) is 2. The quantitative estimate of drug-likeness (QED) is 0.476. The third kappa shape index (κ3) is 5.86. The summed E-state index contributed by atoms with van der Waals surface area (Å²) in [6.07, 6.45) is 0. The molecule has 2 rings (SSSR count). The Labute approximate surface area is 182 Å². The molecule has 2 aromatic carbocycles. The molecule has 2 N–H and O–H groups in total.